The van der Waals surface area contributed by atoms with Gasteiger partial charge in [-0.25, -0.2) is 4.79 Å². The zero-order valence-electron chi connectivity index (χ0n) is 13.2. The van der Waals surface area contributed by atoms with E-state index in [9.17, 15) is 4.79 Å². The van der Waals surface area contributed by atoms with E-state index in [2.05, 4.69) is 23.3 Å². The molecule has 0 aromatic heterocycles. The molecule has 0 saturated heterocycles. The smallest absolute Gasteiger partial charge is 0.438 e. The van der Waals surface area contributed by atoms with Crippen LogP contribution in [0, 0.1) is 5.92 Å². The number of carbonyl (C=O) groups excluding carboxylic acids is 1. The molecule has 1 atom stereocenters. The molecule has 5 heteroatoms. The maximum absolute atomic E-state index is 10.6. The molecule has 0 fully saturated rings. The number of rotatable bonds is 13. The van der Waals surface area contributed by atoms with Crippen LogP contribution in [-0.4, -0.2) is 46.3 Å². The molecule has 0 rings (SSSR count). The first-order valence-electron chi connectivity index (χ1n) is 7.56. The second-order valence-electron chi connectivity index (χ2n) is 4.89. The number of methoxy groups -OCH3 is 1. The van der Waals surface area contributed by atoms with Gasteiger partial charge in [0.2, 0.25) is 0 Å². The highest BCUT2D eigenvalue weighted by molar-refractivity contribution is 5.59. The summed E-state index contributed by atoms with van der Waals surface area (Å²) >= 11 is 0. The summed E-state index contributed by atoms with van der Waals surface area (Å²) < 4.78 is 19.7. The normalized spacial score (nSPS) is 12.2. The number of unbranched alkanes of at least 4 members (excludes halogenated alkanes) is 2. The van der Waals surface area contributed by atoms with Crippen LogP contribution in [0.1, 0.15) is 46.0 Å². The summed E-state index contributed by atoms with van der Waals surface area (Å²) in [5.41, 5.74) is 0. The van der Waals surface area contributed by atoms with E-state index in [-0.39, 0.29) is 6.61 Å². The summed E-state index contributed by atoms with van der Waals surface area (Å²) in [5.74, 6) is 0.844. The number of ether oxygens (including phenoxy) is 4. The second kappa shape index (κ2) is 14.6. The van der Waals surface area contributed by atoms with Gasteiger partial charge in [0.25, 0.3) is 0 Å². The highest BCUT2D eigenvalue weighted by Gasteiger charge is 1.99. The zero-order valence-corrected chi connectivity index (χ0v) is 13.2. The molecule has 0 heterocycles. The molecule has 0 N–H and O–H groups in total. The molecule has 0 aliphatic heterocycles. The Kier molecular flexibility index (Phi) is 14.0. The van der Waals surface area contributed by atoms with Gasteiger partial charge in [0, 0.05) is 6.61 Å². The monoisotopic (exact) mass is 290 g/mol. The fourth-order valence-corrected chi connectivity index (χ4v) is 1.64. The molecule has 120 valence electrons. The molecule has 0 radical (unpaired) electrons. The minimum atomic E-state index is -0.678. The van der Waals surface area contributed by atoms with Crippen molar-refractivity contribution in [1.82, 2.24) is 0 Å². The van der Waals surface area contributed by atoms with Gasteiger partial charge < -0.3 is 18.9 Å². The molecule has 0 amide bonds. The van der Waals surface area contributed by atoms with Crippen molar-refractivity contribution in [1.29, 1.82) is 0 Å². The van der Waals surface area contributed by atoms with E-state index >= 15 is 0 Å². The van der Waals surface area contributed by atoms with Crippen LogP contribution in [0.5, 0.6) is 0 Å². The van der Waals surface area contributed by atoms with Crippen molar-refractivity contribution in [3.63, 3.8) is 0 Å². The van der Waals surface area contributed by atoms with E-state index in [1.807, 2.05) is 0 Å². The molecule has 0 aromatic carbocycles. The van der Waals surface area contributed by atoms with E-state index < -0.39 is 6.16 Å². The van der Waals surface area contributed by atoms with Gasteiger partial charge in [-0.05, 0) is 12.3 Å². The zero-order chi connectivity index (χ0) is 15.1. The maximum Gasteiger partial charge on any atom is 0.508 e. The summed E-state index contributed by atoms with van der Waals surface area (Å²) in [4.78, 5) is 10.6. The lowest BCUT2D eigenvalue weighted by molar-refractivity contribution is 0.0138. The summed E-state index contributed by atoms with van der Waals surface area (Å²) in [6, 6.07) is 0. The number of hydrogen-bond donors (Lipinski definition) is 0. The van der Waals surface area contributed by atoms with E-state index in [0.29, 0.717) is 19.8 Å². The Hall–Kier alpha value is -0.810. The third kappa shape index (κ3) is 13.6. The van der Waals surface area contributed by atoms with E-state index in [4.69, 9.17) is 9.47 Å². The number of carbonyl (C=O) groups is 1. The average Bonchev–Trinajstić information content (AvgIpc) is 2.47. The van der Waals surface area contributed by atoms with Crippen molar-refractivity contribution in [2.75, 3.05) is 40.1 Å². The molecule has 0 saturated carbocycles. The molecule has 20 heavy (non-hydrogen) atoms. The predicted octanol–water partition coefficient (Wildman–Crippen LogP) is 3.41. The highest BCUT2D eigenvalue weighted by atomic mass is 16.7. The van der Waals surface area contributed by atoms with Crippen LogP contribution in [0.4, 0.5) is 4.79 Å². The van der Waals surface area contributed by atoms with E-state index in [0.717, 1.165) is 18.9 Å². The van der Waals surface area contributed by atoms with Crippen LogP contribution in [-0.2, 0) is 18.9 Å². The molecular formula is C15H30O5. The molecule has 0 aromatic rings. The van der Waals surface area contributed by atoms with Crippen molar-refractivity contribution in [3.05, 3.63) is 0 Å². The van der Waals surface area contributed by atoms with Crippen LogP contribution >= 0.6 is 0 Å². The van der Waals surface area contributed by atoms with Crippen LogP contribution in [0.25, 0.3) is 0 Å². The largest absolute Gasteiger partial charge is 0.508 e. The summed E-state index contributed by atoms with van der Waals surface area (Å²) in [6.45, 7) is 7.03. The second-order valence-corrected chi connectivity index (χ2v) is 4.89. The lowest BCUT2D eigenvalue weighted by Gasteiger charge is -2.08. The van der Waals surface area contributed by atoms with E-state index in [1.165, 1.54) is 32.8 Å². The van der Waals surface area contributed by atoms with Gasteiger partial charge >= 0.3 is 6.16 Å². The first-order valence-corrected chi connectivity index (χ1v) is 7.56. The minimum Gasteiger partial charge on any atom is -0.438 e. The fraction of sp³-hybridized carbons (Fsp3) is 0.933. The Morgan fingerprint density at radius 1 is 0.950 bits per heavy atom. The standard InChI is InChI=1S/C15H30O5/c1-4-14(2)8-6-5-7-9-18-10-11-19-12-13-20-15(16)17-3/h14H,4-13H2,1-3H3. The van der Waals surface area contributed by atoms with Gasteiger partial charge in [0.15, 0.2) is 0 Å². The Balaban J connectivity index is 3.04. The molecule has 5 nitrogen and oxygen atoms in total. The Bertz CT molecular complexity index is 220. The highest BCUT2D eigenvalue weighted by Crippen LogP contribution is 2.11. The quantitative estimate of drug-likeness (QED) is 0.384. The average molecular weight is 290 g/mol. The lowest BCUT2D eigenvalue weighted by Crippen LogP contribution is -2.12. The minimum absolute atomic E-state index is 0.211. The van der Waals surface area contributed by atoms with Gasteiger partial charge in [0.1, 0.15) is 6.61 Å². The number of hydrogen-bond acceptors (Lipinski definition) is 5. The van der Waals surface area contributed by atoms with E-state index in [1.54, 1.807) is 0 Å². The van der Waals surface area contributed by atoms with Gasteiger partial charge in [0.05, 0.1) is 26.9 Å². The maximum atomic E-state index is 10.6. The topological polar surface area (TPSA) is 54.0 Å². The molecule has 0 aliphatic carbocycles. The summed E-state index contributed by atoms with van der Waals surface area (Å²) in [5, 5.41) is 0. The Morgan fingerprint density at radius 2 is 1.60 bits per heavy atom. The third-order valence-corrected chi connectivity index (χ3v) is 3.17. The Morgan fingerprint density at radius 3 is 2.25 bits per heavy atom. The Labute approximate surface area is 122 Å². The van der Waals surface area contributed by atoms with Gasteiger partial charge in [-0.15, -0.1) is 0 Å². The molecule has 0 spiro atoms. The third-order valence-electron chi connectivity index (χ3n) is 3.17. The van der Waals surface area contributed by atoms with Crippen LogP contribution < -0.4 is 0 Å². The van der Waals surface area contributed by atoms with Crippen molar-refractivity contribution >= 4 is 6.16 Å². The molecule has 0 bridgehead atoms. The van der Waals surface area contributed by atoms with Crippen LogP contribution in [0.2, 0.25) is 0 Å². The van der Waals surface area contributed by atoms with Crippen molar-refractivity contribution < 1.29 is 23.7 Å². The van der Waals surface area contributed by atoms with Crippen molar-refractivity contribution in [3.8, 4) is 0 Å². The SMILES string of the molecule is CCC(C)CCCCCOCCOCCOC(=O)OC. The van der Waals surface area contributed by atoms with Gasteiger partial charge in [-0.1, -0.05) is 39.5 Å². The summed E-state index contributed by atoms with van der Waals surface area (Å²) in [6.07, 6.45) is 5.55. The van der Waals surface area contributed by atoms with Gasteiger partial charge in [-0.3, -0.25) is 0 Å². The first kappa shape index (κ1) is 19.2. The molecule has 1 unspecified atom stereocenters. The first-order chi connectivity index (χ1) is 9.70. The van der Waals surface area contributed by atoms with Crippen LogP contribution in [0.3, 0.4) is 0 Å². The van der Waals surface area contributed by atoms with Crippen molar-refractivity contribution in [2.45, 2.75) is 46.0 Å². The molecular weight excluding hydrogens is 260 g/mol. The summed E-state index contributed by atoms with van der Waals surface area (Å²) in [7, 11) is 1.28. The van der Waals surface area contributed by atoms with Crippen molar-refractivity contribution in [2.24, 2.45) is 5.92 Å². The molecule has 0 aliphatic rings. The lowest BCUT2D eigenvalue weighted by atomic mass is 10.0. The van der Waals surface area contributed by atoms with Gasteiger partial charge in [-0.2, -0.15) is 0 Å². The van der Waals surface area contributed by atoms with Crippen LogP contribution in [0.15, 0.2) is 0 Å². The fourth-order valence-electron chi connectivity index (χ4n) is 1.64. The predicted molar refractivity (Wildman–Crippen MR) is 77.9 cm³/mol.